The molecule has 0 saturated carbocycles. The summed E-state index contributed by atoms with van der Waals surface area (Å²) in [4.78, 5) is 21.5. The lowest BCUT2D eigenvalue weighted by molar-refractivity contribution is -0.138. The molecule has 0 amide bonds. The van der Waals surface area contributed by atoms with E-state index in [-0.39, 0.29) is 17.4 Å². The molecule has 0 fully saturated rings. The minimum atomic E-state index is -0.318. The van der Waals surface area contributed by atoms with Gasteiger partial charge < -0.3 is 10.1 Å². The number of Topliss-reactive ketones (excluding diaryl/α,β-unsaturated/α-hetero) is 1. The fourth-order valence-electron chi connectivity index (χ4n) is 1.64. The Hall–Kier alpha value is -1.16. The molecule has 4 heteroatoms. The largest absolute Gasteiger partial charge is 0.462 e. The van der Waals surface area contributed by atoms with Gasteiger partial charge in [0.05, 0.1) is 6.04 Å². The van der Waals surface area contributed by atoms with Gasteiger partial charge in [-0.1, -0.05) is 33.8 Å². The van der Waals surface area contributed by atoms with E-state index >= 15 is 0 Å². The maximum atomic E-state index is 11.9. The third-order valence-electron chi connectivity index (χ3n) is 2.84. The maximum absolute atomic E-state index is 11.9. The van der Waals surface area contributed by atoms with Crippen molar-refractivity contribution in [2.24, 2.45) is 5.92 Å². The number of ketones is 1. The van der Waals surface area contributed by atoms with E-state index < -0.39 is 0 Å². The highest BCUT2D eigenvalue weighted by Gasteiger charge is 2.21. The summed E-state index contributed by atoms with van der Waals surface area (Å²) in [6.45, 7) is 16.0. The summed E-state index contributed by atoms with van der Waals surface area (Å²) in [5.74, 6) is 0.502. The van der Waals surface area contributed by atoms with Gasteiger partial charge in [0.2, 0.25) is 0 Å². The average molecular weight is 299 g/mol. The molecule has 0 aliphatic carbocycles. The van der Waals surface area contributed by atoms with Gasteiger partial charge in [0, 0.05) is 0 Å². The number of carbonyl (C=O) groups excluding carboxylic acids is 2. The molecule has 0 aromatic rings. The highest BCUT2D eigenvalue weighted by atomic mass is 16.5. The second-order valence-corrected chi connectivity index (χ2v) is 6.41. The molecule has 0 saturated heterocycles. The summed E-state index contributed by atoms with van der Waals surface area (Å²) >= 11 is 0. The molecular formula is C17H33NO3. The summed E-state index contributed by atoms with van der Waals surface area (Å²) in [6, 6.07) is -0.0700. The Morgan fingerprint density at radius 1 is 1.33 bits per heavy atom. The van der Waals surface area contributed by atoms with Gasteiger partial charge in [-0.05, 0) is 52.2 Å². The highest BCUT2D eigenvalue weighted by molar-refractivity contribution is 5.99. The summed E-state index contributed by atoms with van der Waals surface area (Å²) in [5, 5.41) is 3.05. The summed E-state index contributed by atoms with van der Waals surface area (Å²) in [6.07, 6.45) is 3.00. The lowest BCUT2D eigenvalue weighted by atomic mass is 9.93. The number of likely N-dealkylation sites (N-methyl/N-ethyl adjacent to an activating group) is 1. The Morgan fingerprint density at radius 2 is 1.86 bits per heavy atom. The SMILES string of the molecule is C=C(CCCC)C(=O)C(NC)C(C)C.CC(C)(C)OC=O. The zero-order valence-electron chi connectivity index (χ0n) is 14.8. The fourth-order valence-corrected chi connectivity index (χ4v) is 1.64. The van der Waals surface area contributed by atoms with Gasteiger partial charge in [0.15, 0.2) is 5.78 Å². The smallest absolute Gasteiger partial charge is 0.293 e. The lowest BCUT2D eigenvalue weighted by Gasteiger charge is -2.19. The number of nitrogens with one attached hydrogen (secondary N) is 1. The van der Waals surface area contributed by atoms with Gasteiger partial charge in [-0.25, -0.2) is 0 Å². The Balaban J connectivity index is 0. The maximum Gasteiger partial charge on any atom is 0.293 e. The highest BCUT2D eigenvalue weighted by Crippen LogP contribution is 2.12. The van der Waals surface area contributed by atoms with Crippen LogP contribution < -0.4 is 5.32 Å². The molecule has 0 aliphatic heterocycles. The van der Waals surface area contributed by atoms with E-state index in [2.05, 4.69) is 23.6 Å². The first-order chi connectivity index (χ1) is 9.60. The van der Waals surface area contributed by atoms with Crippen LogP contribution in [0.25, 0.3) is 0 Å². The standard InChI is InChI=1S/C12H23NO.C5H10O2/c1-6-7-8-10(4)12(14)11(13-5)9(2)3;1-5(2,3)7-4-6/h9,11,13H,4,6-8H2,1-3,5H3;4H,1-3H3. The van der Waals surface area contributed by atoms with Crippen molar-refractivity contribution in [1.82, 2.24) is 5.32 Å². The van der Waals surface area contributed by atoms with Crippen LogP contribution in [0.1, 0.15) is 60.8 Å². The minimum Gasteiger partial charge on any atom is -0.462 e. The molecular weight excluding hydrogens is 266 g/mol. The van der Waals surface area contributed by atoms with E-state index in [9.17, 15) is 9.59 Å². The number of carbonyl (C=O) groups is 2. The van der Waals surface area contributed by atoms with Crippen molar-refractivity contribution in [3.63, 3.8) is 0 Å². The van der Waals surface area contributed by atoms with E-state index in [4.69, 9.17) is 0 Å². The predicted octanol–water partition coefficient (Wildman–Crippen LogP) is 3.50. The Labute approximate surface area is 130 Å². The summed E-state index contributed by atoms with van der Waals surface area (Å²) in [5.41, 5.74) is 0.446. The monoisotopic (exact) mass is 299 g/mol. The van der Waals surface area contributed by atoms with Crippen LogP contribution in [0.2, 0.25) is 0 Å². The van der Waals surface area contributed by atoms with Crippen molar-refractivity contribution in [3.8, 4) is 0 Å². The van der Waals surface area contributed by atoms with Gasteiger partial charge in [0.25, 0.3) is 6.47 Å². The molecule has 0 radical (unpaired) electrons. The predicted molar refractivity (Wildman–Crippen MR) is 88.3 cm³/mol. The second-order valence-electron chi connectivity index (χ2n) is 6.41. The first-order valence-electron chi connectivity index (χ1n) is 7.61. The van der Waals surface area contributed by atoms with E-state index in [1.807, 2.05) is 41.7 Å². The van der Waals surface area contributed by atoms with Gasteiger partial charge in [-0.3, -0.25) is 9.59 Å². The quantitative estimate of drug-likeness (QED) is 0.550. The zero-order chi connectivity index (χ0) is 17.1. The molecule has 1 unspecified atom stereocenters. The molecule has 0 spiro atoms. The third kappa shape index (κ3) is 12.3. The Kier molecular flexibility index (Phi) is 12.1. The minimum absolute atomic E-state index is 0.0700. The number of rotatable bonds is 8. The van der Waals surface area contributed by atoms with Crippen molar-refractivity contribution < 1.29 is 14.3 Å². The van der Waals surface area contributed by atoms with Crippen LogP contribution in [0.4, 0.5) is 0 Å². The molecule has 0 aromatic heterocycles. The van der Waals surface area contributed by atoms with Crippen molar-refractivity contribution in [3.05, 3.63) is 12.2 Å². The van der Waals surface area contributed by atoms with Crippen LogP contribution in [0.5, 0.6) is 0 Å². The van der Waals surface area contributed by atoms with Crippen molar-refractivity contribution in [2.75, 3.05) is 7.05 Å². The van der Waals surface area contributed by atoms with Gasteiger partial charge >= 0.3 is 0 Å². The number of hydrogen-bond acceptors (Lipinski definition) is 4. The van der Waals surface area contributed by atoms with E-state index in [0.717, 1.165) is 24.8 Å². The zero-order valence-corrected chi connectivity index (χ0v) is 14.8. The number of ether oxygens (including phenoxy) is 1. The first-order valence-corrected chi connectivity index (χ1v) is 7.61. The molecule has 124 valence electrons. The van der Waals surface area contributed by atoms with Gasteiger partial charge in [-0.15, -0.1) is 0 Å². The van der Waals surface area contributed by atoms with Crippen LogP contribution >= 0.6 is 0 Å². The first kappa shape index (κ1) is 22.1. The summed E-state index contributed by atoms with van der Waals surface area (Å²) in [7, 11) is 1.83. The van der Waals surface area contributed by atoms with Crippen molar-refractivity contribution >= 4 is 12.3 Å². The van der Waals surface area contributed by atoms with E-state index in [1.165, 1.54) is 0 Å². The lowest BCUT2D eigenvalue weighted by Crippen LogP contribution is -2.39. The van der Waals surface area contributed by atoms with Crippen LogP contribution in [0, 0.1) is 5.92 Å². The molecule has 0 heterocycles. The average Bonchev–Trinajstić information content (AvgIpc) is 2.35. The van der Waals surface area contributed by atoms with E-state index in [0.29, 0.717) is 12.4 Å². The normalized spacial score (nSPS) is 12.2. The molecule has 4 nitrogen and oxygen atoms in total. The fraction of sp³-hybridized carbons (Fsp3) is 0.765. The molecule has 0 rings (SSSR count). The molecule has 0 bridgehead atoms. The number of unbranched alkanes of at least 4 members (excludes halogenated alkanes) is 1. The van der Waals surface area contributed by atoms with Crippen LogP contribution in [-0.4, -0.2) is 30.9 Å². The van der Waals surface area contributed by atoms with Crippen LogP contribution in [0.15, 0.2) is 12.2 Å². The third-order valence-corrected chi connectivity index (χ3v) is 2.84. The Bertz CT molecular complexity index is 316. The van der Waals surface area contributed by atoms with Crippen molar-refractivity contribution in [2.45, 2.75) is 72.4 Å². The van der Waals surface area contributed by atoms with Crippen LogP contribution in [-0.2, 0) is 14.3 Å². The molecule has 21 heavy (non-hydrogen) atoms. The van der Waals surface area contributed by atoms with Crippen molar-refractivity contribution in [1.29, 1.82) is 0 Å². The number of hydrogen-bond donors (Lipinski definition) is 1. The summed E-state index contributed by atoms with van der Waals surface area (Å²) < 4.78 is 4.55. The van der Waals surface area contributed by atoms with Gasteiger partial charge in [0.1, 0.15) is 5.60 Å². The molecule has 0 aromatic carbocycles. The van der Waals surface area contributed by atoms with E-state index in [1.54, 1.807) is 0 Å². The molecule has 1 atom stereocenters. The van der Waals surface area contributed by atoms with Crippen LogP contribution in [0.3, 0.4) is 0 Å². The molecule has 1 N–H and O–H groups in total. The topological polar surface area (TPSA) is 55.4 Å². The molecule has 0 aliphatic rings. The second kappa shape index (κ2) is 11.5. The Morgan fingerprint density at radius 3 is 2.10 bits per heavy atom. The van der Waals surface area contributed by atoms with Gasteiger partial charge in [-0.2, -0.15) is 0 Å².